The van der Waals surface area contributed by atoms with Gasteiger partial charge in [0, 0.05) is 18.3 Å². The molecule has 1 spiro atoms. The molecule has 4 unspecified atom stereocenters. The minimum Gasteiger partial charge on any atom is -0.363 e. The number of ether oxygens (including phenoxy) is 3. The van der Waals surface area contributed by atoms with Crippen molar-refractivity contribution in [2.75, 3.05) is 0 Å². The molecule has 8 atom stereocenters. The van der Waals surface area contributed by atoms with Gasteiger partial charge >= 0.3 is 0 Å². The average Bonchev–Trinajstić information content (AvgIpc) is 3.10. The van der Waals surface area contributed by atoms with E-state index in [4.69, 9.17) is 14.2 Å². The SMILES string of the molecule is C[C@H]1C(c2ccc[nH]2)O[C@@H]2OC3(C)CCC4[C@H](C)CCC1[C@]42O3. The first-order valence-electron chi connectivity index (χ1n) is 9.20. The van der Waals surface area contributed by atoms with E-state index in [2.05, 4.69) is 31.8 Å². The molecule has 4 fully saturated rings. The van der Waals surface area contributed by atoms with E-state index >= 15 is 0 Å². The van der Waals surface area contributed by atoms with Crippen LogP contribution < -0.4 is 0 Å². The predicted octanol–water partition coefficient (Wildman–Crippen LogP) is 4.01. The van der Waals surface area contributed by atoms with E-state index in [1.165, 1.54) is 19.3 Å². The Labute approximate surface area is 137 Å². The third-order valence-electron chi connectivity index (χ3n) is 7.12. The van der Waals surface area contributed by atoms with Crippen LogP contribution >= 0.6 is 0 Å². The number of H-pyrrole nitrogens is 1. The first-order valence-corrected chi connectivity index (χ1v) is 9.20. The number of aromatic amines is 1. The Kier molecular flexibility index (Phi) is 2.91. The Morgan fingerprint density at radius 3 is 2.83 bits per heavy atom. The predicted molar refractivity (Wildman–Crippen MR) is 85.5 cm³/mol. The minimum absolute atomic E-state index is 0.0752. The Hall–Kier alpha value is -0.840. The maximum atomic E-state index is 6.69. The van der Waals surface area contributed by atoms with Crippen LogP contribution in [-0.4, -0.2) is 22.7 Å². The van der Waals surface area contributed by atoms with Gasteiger partial charge in [-0.25, -0.2) is 0 Å². The van der Waals surface area contributed by atoms with Gasteiger partial charge < -0.3 is 19.2 Å². The van der Waals surface area contributed by atoms with E-state index in [1.54, 1.807) is 0 Å². The quantitative estimate of drug-likeness (QED) is 0.851. The van der Waals surface area contributed by atoms with Gasteiger partial charge in [0.1, 0.15) is 11.7 Å². The van der Waals surface area contributed by atoms with E-state index in [0.29, 0.717) is 23.7 Å². The van der Waals surface area contributed by atoms with E-state index in [-0.39, 0.29) is 18.0 Å². The molecule has 1 N–H and O–H groups in total. The van der Waals surface area contributed by atoms with Gasteiger partial charge in [-0.05, 0) is 62.0 Å². The Morgan fingerprint density at radius 2 is 2.04 bits per heavy atom. The zero-order valence-electron chi connectivity index (χ0n) is 14.2. The number of nitrogens with one attached hydrogen (secondary N) is 1. The molecule has 0 amide bonds. The van der Waals surface area contributed by atoms with E-state index in [9.17, 15) is 0 Å². The molecular weight excluding hydrogens is 290 g/mol. The molecule has 0 aromatic carbocycles. The van der Waals surface area contributed by atoms with Crippen molar-refractivity contribution in [3.63, 3.8) is 0 Å². The van der Waals surface area contributed by atoms with Crippen LogP contribution in [0.3, 0.4) is 0 Å². The summed E-state index contributed by atoms with van der Waals surface area (Å²) >= 11 is 0. The molecule has 3 aliphatic heterocycles. The van der Waals surface area contributed by atoms with Crippen LogP contribution in [0.5, 0.6) is 0 Å². The maximum Gasteiger partial charge on any atom is 0.191 e. The van der Waals surface area contributed by atoms with Crippen LogP contribution in [0.2, 0.25) is 0 Å². The van der Waals surface area contributed by atoms with Crippen molar-refractivity contribution < 1.29 is 14.2 Å². The fourth-order valence-electron chi connectivity index (χ4n) is 6.05. The lowest BCUT2D eigenvalue weighted by molar-refractivity contribution is -0.290. The summed E-state index contributed by atoms with van der Waals surface area (Å²) in [7, 11) is 0. The number of hydrogen-bond acceptors (Lipinski definition) is 3. The van der Waals surface area contributed by atoms with Gasteiger partial charge in [0.25, 0.3) is 0 Å². The molecule has 2 bridgehead atoms. The number of rotatable bonds is 1. The number of fused-ring (bicyclic) bond motifs is 1. The van der Waals surface area contributed by atoms with Crippen LogP contribution in [-0.2, 0) is 14.2 Å². The molecule has 4 heteroatoms. The topological polar surface area (TPSA) is 43.5 Å². The smallest absolute Gasteiger partial charge is 0.191 e. The molecule has 4 heterocycles. The zero-order valence-corrected chi connectivity index (χ0v) is 14.2. The molecule has 0 radical (unpaired) electrons. The number of aromatic nitrogens is 1. The van der Waals surface area contributed by atoms with Crippen molar-refractivity contribution in [2.45, 2.75) is 70.2 Å². The third kappa shape index (κ3) is 1.77. The molecule has 1 saturated carbocycles. The molecule has 126 valence electrons. The van der Waals surface area contributed by atoms with Gasteiger partial charge in [0.05, 0.1) is 0 Å². The van der Waals surface area contributed by atoms with Crippen LogP contribution in [0.15, 0.2) is 18.3 Å². The fraction of sp³-hybridized carbons (Fsp3) is 0.789. The largest absolute Gasteiger partial charge is 0.363 e. The molecule has 1 aromatic rings. The summed E-state index contributed by atoms with van der Waals surface area (Å²) in [5.41, 5.74) is 0.936. The lowest BCUT2D eigenvalue weighted by Gasteiger charge is -2.58. The molecule has 1 aliphatic carbocycles. The second kappa shape index (κ2) is 4.62. The van der Waals surface area contributed by atoms with Crippen molar-refractivity contribution in [3.8, 4) is 0 Å². The first kappa shape index (κ1) is 14.5. The van der Waals surface area contributed by atoms with Crippen molar-refractivity contribution in [2.24, 2.45) is 23.7 Å². The minimum atomic E-state index is -0.458. The Bertz CT molecular complexity index is 602. The molecule has 4 aliphatic rings. The maximum absolute atomic E-state index is 6.69. The van der Waals surface area contributed by atoms with Gasteiger partial charge in [-0.2, -0.15) is 0 Å². The first-order chi connectivity index (χ1) is 11.0. The lowest BCUT2D eigenvalue weighted by Crippen LogP contribution is -2.64. The monoisotopic (exact) mass is 317 g/mol. The Balaban J connectivity index is 1.59. The standard InChI is InChI=1S/C19H27NO3/c1-11-6-7-14-12(2)16(15-5-4-10-20-15)21-17-19(14)13(11)8-9-18(3,22-17)23-19/h4-5,10-14,16-17,20H,6-9H2,1-3H3/t11-,12-,13?,14?,16?,17-,18?,19-/m1/s1. The summed E-state index contributed by atoms with van der Waals surface area (Å²) in [6, 6.07) is 4.18. The van der Waals surface area contributed by atoms with Crippen molar-refractivity contribution >= 4 is 0 Å². The van der Waals surface area contributed by atoms with Crippen molar-refractivity contribution in [3.05, 3.63) is 24.0 Å². The number of hydrogen-bond donors (Lipinski definition) is 1. The molecule has 3 saturated heterocycles. The van der Waals surface area contributed by atoms with E-state index in [0.717, 1.165) is 12.1 Å². The summed E-state index contributed by atoms with van der Waals surface area (Å²) in [4.78, 5) is 3.35. The lowest BCUT2D eigenvalue weighted by atomic mass is 9.56. The second-order valence-corrected chi connectivity index (χ2v) is 8.39. The van der Waals surface area contributed by atoms with E-state index in [1.807, 2.05) is 12.3 Å². The summed E-state index contributed by atoms with van der Waals surface area (Å²) in [5.74, 6) is 1.74. The fourth-order valence-corrected chi connectivity index (χ4v) is 6.05. The summed E-state index contributed by atoms with van der Waals surface area (Å²) in [6.45, 7) is 6.82. The molecular formula is C19H27NO3. The van der Waals surface area contributed by atoms with Crippen molar-refractivity contribution in [1.29, 1.82) is 0 Å². The highest BCUT2D eigenvalue weighted by Crippen LogP contribution is 2.64. The molecule has 4 nitrogen and oxygen atoms in total. The van der Waals surface area contributed by atoms with Crippen LogP contribution in [0, 0.1) is 23.7 Å². The van der Waals surface area contributed by atoms with Crippen molar-refractivity contribution in [1.82, 2.24) is 4.98 Å². The van der Waals surface area contributed by atoms with Crippen LogP contribution in [0.1, 0.15) is 58.3 Å². The molecule has 5 rings (SSSR count). The van der Waals surface area contributed by atoms with Crippen LogP contribution in [0.25, 0.3) is 0 Å². The van der Waals surface area contributed by atoms with Gasteiger partial charge in [-0.15, -0.1) is 0 Å². The molecule has 1 aromatic heterocycles. The third-order valence-corrected chi connectivity index (χ3v) is 7.12. The average molecular weight is 317 g/mol. The van der Waals surface area contributed by atoms with E-state index < -0.39 is 5.79 Å². The highest BCUT2D eigenvalue weighted by atomic mass is 16.8. The van der Waals surface area contributed by atoms with Gasteiger partial charge in [0.2, 0.25) is 0 Å². The zero-order chi connectivity index (χ0) is 15.8. The van der Waals surface area contributed by atoms with Gasteiger partial charge in [-0.3, -0.25) is 0 Å². The summed E-state index contributed by atoms with van der Waals surface area (Å²) in [6.07, 6.45) is 6.53. The van der Waals surface area contributed by atoms with Crippen LogP contribution in [0.4, 0.5) is 0 Å². The Morgan fingerprint density at radius 1 is 1.17 bits per heavy atom. The summed E-state index contributed by atoms with van der Waals surface area (Å²) < 4.78 is 19.6. The normalized spacial score (nSPS) is 54.7. The highest BCUT2D eigenvalue weighted by molar-refractivity contribution is 5.17. The second-order valence-electron chi connectivity index (χ2n) is 8.39. The molecule has 23 heavy (non-hydrogen) atoms. The summed E-state index contributed by atoms with van der Waals surface area (Å²) in [5, 5.41) is 0. The van der Waals surface area contributed by atoms with Gasteiger partial charge in [-0.1, -0.05) is 13.8 Å². The van der Waals surface area contributed by atoms with Gasteiger partial charge in [0.15, 0.2) is 12.1 Å². The highest BCUT2D eigenvalue weighted by Gasteiger charge is 2.71.